The number of amides is 4. The molecule has 0 aliphatic carbocycles. The normalized spacial score (nSPS) is 13.2. The van der Waals surface area contributed by atoms with Crippen molar-refractivity contribution in [2.24, 2.45) is 0 Å². The molecule has 1 aromatic carbocycles. The van der Waals surface area contributed by atoms with Crippen molar-refractivity contribution < 1.29 is 28.3 Å². The van der Waals surface area contributed by atoms with Crippen LogP contribution < -0.4 is 10.6 Å². The molecule has 0 saturated carbocycles. The van der Waals surface area contributed by atoms with Gasteiger partial charge in [0.25, 0.3) is 17.7 Å². The van der Waals surface area contributed by atoms with Gasteiger partial charge in [-0.05, 0) is 51.1 Å². The first-order valence-corrected chi connectivity index (χ1v) is 9.43. The fourth-order valence-corrected chi connectivity index (χ4v) is 2.89. The minimum atomic E-state index is -0.605. The summed E-state index contributed by atoms with van der Waals surface area (Å²) in [5, 5.41) is 5.19. The lowest BCUT2D eigenvalue weighted by Gasteiger charge is -2.19. The summed E-state index contributed by atoms with van der Waals surface area (Å²) < 4.78 is 10.3. The number of furan rings is 1. The molecule has 1 aliphatic rings. The van der Waals surface area contributed by atoms with Crippen molar-refractivity contribution in [3.63, 3.8) is 0 Å². The molecule has 0 radical (unpaired) electrons. The molecule has 4 amide bonds. The summed E-state index contributed by atoms with van der Waals surface area (Å²) in [7, 11) is 0. The van der Waals surface area contributed by atoms with Gasteiger partial charge in [0.15, 0.2) is 0 Å². The molecule has 1 aliphatic heterocycles. The van der Waals surface area contributed by atoms with Crippen LogP contribution in [0.5, 0.6) is 0 Å². The van der Waals surface area contributed by atoms with Crippen LogP contribution in [0.4, 0.5) is 4.79 Å². The number of alkyl carbamates (subject to hydrolysis) is 1. The molecule has 9 nitrogen and oxygen atoms in total. The smallest absolute Gasteiger partial charge is 0.407 e. The van der Waals surface area contributed by atoms with E-state index in [-0.39, 0.29) is 36.3 Å². The molecule has 9 heteroatoms. The van der Waals surface area contributed by atoms with E-state index in [9.17, 15) is 19.2 Å². The van der Waals surface area contributed by atoms with Crippen molar-refractivity contribution in [2.45, 2.75) is 32.9 Å². The second-order valence-electron chi connectivity index (χ2n) is 7.72. The van der Waals surface area contributed by atoms with E-state index >= 15 is 0 Å². The fraction of sp³-hybridized carbons (Fsp3) is 0.333. The molecule has 0 saturated heterocycles. The van der Waals surface area contributed by atoms with Crippen molar-refractivity contribution in [1.82, 2.24) is 15.5 Å². The van der Waals surface area contributed by atoms with Gasteiger partial charge in [0.2, 0.25) is 0 Å². The largest absolute Gasteiger partial charge is 0.467 e. The van der Waals surface area contributed by atoms with Crippen LogP contribution in [0.2, 0.25) is 0 Å². The first-order chi connectivity index (χ1) is 14.2. The average molecular weight is 413 g/mol. The van der Waals surface area contributed by atoms with Crippen LogP contribution in [0, 0.1) is 0 Å². The molecule has 2 heterocycles. The Morgan fingerprint density at radius 1 is 1.03 bits per heavy atom. The summed E-state index contributed by atoms with van der Waals surface area (Å²) in [5.74, 6) is -0.846. The lowest BCUT2D eigenvalue weighted by Crippen LogP contribution is -2.37. The Labute approximate surface area is 173 Å². The molecular formula is C21H23N3O6. The zero-order valence-electron chi connectivity index (χ0n) is 17.0. The molecule has 30 heavy (non-hydrogen) atoms. The first-order valence-electron chi connectivity index (χ1n) is 9.43. The SMILES string of the molecule is CC(C)(C)OC(=O)NCCNC(=O)c1ccc2c(c1)C(=O)N(Cc1ccco1)C2=O. The number of hydrogen-bond acceptors (Lipinski definition) is 6. The number of nitrogens with one attached hydrogen (secondary N) is 2. The Balaban J connectivity index is 1.57. The van der Waals surface area contributed by atoms with E-state index < -0.39 is 29.4 Å². The van der Waals surface area contributed by atoms with Gasteiger partial charge >= 0.3 is 6.09 Å². The van der Waals surface area contributed by atoms with Crippen LogP contribution in [0.3, 0.4) is 0 Å². The van der Waals surface area contributed by atoms with E-state index in [1.54, 1.807) is 32.9 Å². The molecule has 2 aromatic rings. The Kier molecular flexibility index (Phi) is 5.91. The highest BCUT2D eigenvalue weighted by Crippen LogP contribution is 2.25. The maximum Gasteiger partial charge on any atom is 0.407 e. The summed E-state index contributed by atoms with van der Waals surface area (Å²) in [6.45, 7) is 5.64. The van der Waals surface area contributed by atoms with Crippen LogP contribution in [0.15, 0.2) is 41.0 Å². The predicted molar refractivity (Wildman–Crippen MR) is 106 cm³/mol. The van der Waals surface area contributed by atoms with E-state index in [2.05, 4.69) is 10.6 Å². The average Bonchev–Trinajstić information content (AvgIpc) is 3.26. The lowest BCUT2D eigenvalue weighted by atomic mass is 10.1. The Morgan fingerprint density at radius 3 is 2.40 bits per heavy atom. The number of ether oxygens (including phenoxy) is 1. The van der Waals surface area contributed by atoms with Crippen LogP contribution in [-0.4, -0.2) is 47.4 Å². The number of benzene rings is 1. The highest BCUT2D eigenvalue weighted by atomic mass is 16.6. The molecule has 0 fully saturated rings. The van der Waals surface area contributed by atoms with E-state index in [0.717, 1.165) is 4.90 Å². The van der Waals surface area contributed by atoms with E-state index in [4.69, 9.17) is 9.15 Å². The van der Waals surface area contributed by atoms with Gasteiger partial charge in [-0.1, -0.05) is 0 Å². The maximum absolute atomic E-state index is 12.6. The number of hydrogen-bond donors (Lipinski definition) is 2. The number of imide groups is 1. The minimum absolute atomic E-state index is 0.0250. The summed E-state index contributed by atoms with van der Waals surface area (Å²) >= 11 is 0. The van der Waals surface area contributed by atoms with Crippen molar-refractivity contribution >= 4 is 23.8 Å². The number of carbonyl (C=O) groups is 4. The molecule has 3 rings (SSSR count). The van der Waals surface area contributed by atoms with E-state index in [1.165, 1.54) is 24.5 Å². The standard InChI is InChI=1S/C21H23N3O6/c1-21(2,3)30-20(28)23-9-8-22-17(25)13-6-7-15-16(11-13)19(27)24(18(15)26)12-14-5-4-10-29-14/h4-7,10-11H,8-9,12H2,1-3H3,(H,22,25)(H,23,28). The van der Waals surface area contributed by atoms with E-state index in [1.807, 2.05) is 0 Å². The second kappa shape index (κ2) is 8.40. The van der Waals surface area contributed by atoms with Gasteiger partial charge in [-0.15, -0.1) is 0 Å². The van der Waals surface area contributed by atoms with Crippen molar-refractivity contribution in [2.75, 3.05) is 13.1 Å². The first kappa shape index (κ1) is 21.1. The van der Waals surface area contributed by atoms with Gasteiger partial charge in [0.05, 0.1) is 23.9 Å². The Bertz CT molecular complexity index is 975. The minimum Gasteiger partial charge on any atom is -0.467 e. The molecule has 158 valence electrons. The van der Waals surface area contributed by atoms with Crippen molar-refractivity contribution in [3.8, 4) is 0 Å². The van der Waals surface area contributed by atoms with Gasteiger partial charge in [0, 0.05) is 18.7 Å². The number of nitrogens with zero attached hydrogens (tertiary/aromatic N) is 1. The van der Waals surface area contributed by atoms with Crippen LogP contribution >= 0.6 is 0 Å². The Hall–Kier alpha value is -3.62. The van der Waals surface area contributed by atoms with E-state index in [0.29, 0.717) is 5.76 Å². The van der Waals surface area contributed by atoms with Crippen molar-refractivity contribution in [3.05, 3.63) is 59.0 Å². The highest BCUT2D eigenvalue weighted by Gasteiger charge is 2.36. The quantitative estimate of drug-likeness (QED) is 0.554. The van der Waals surface area contributed by atoms with Crippen LogP contribution in [-0.2, 0) is 11.3 Å². The van der Waals surface area contributed by atoms with Gasteiger partial charge in [-0.25, -0.2) is 4.79 Å². The van der Waals surface area contributed by atoms with Crippen molar-refractivity contribution in [1.29, 1.82) is 0 Å². The van der Waals surface area contributed by atoms with Gasteiger partial charge in [-0.3, -0.25) is 19.3 Å². The third-order valence-corrected chi connectivity index (χ3v) is 4.21. The molecule has 2 N–H and O–H groups in total. The molecule has 0 spiro atoms. The zero-order chi connectivity index (χ0) is 21.9. The van der Waals surface area contributed by atoms with Gasteiger partial charge < -0.3 is 19.8 Å². The number of carbonyl (C=O) groups excluding carboxylic acids is 4. The molecule has 0 atom stereocenters. The predicted octanol–water partition coefficient (Wildman–Crippen LogP) is 2.33. The number of fused-ring (bicyclic) bond motifs is 1. The summed E-state index contributed by atoms with van der Waals surface area (Å²) in [6, 6.07) is 7.69. The fourth-order valence-electron chi connectivity index (χ4n) is 2.89. The van der Waals surface area contributed by atoms with Crippen LogP contribution in [0.25, 0.3) is 0 Å². The number of rotatable bonds is 6. The topological polar surface area (TPSA) is 118 Å². The molecule has 1 aromatic heterocycles. The summed E-state index contributed by atoms with van der Waals surface area (Å²) in [6.07, 6.45) is 0.892. The monoisotopic (exact) mass is 413 g/mol. The third-order valence-electron chi connectivity index (χ3n) is 4.21. The van der Waals surface area contributed by atoms with Gasteiger partial charge in [-0.2, -0.15) is 0 Å². The van der Waals surface area contributed by atoms with Gasteiger partial charge in [0.1, 0.15) is 11.4 Å². The third kappa shape index (κ3) is 4.86. The molecule has 0 unspecified atom stereocenters. The maximum atomic E-state index is 12.6. The molecule has 0 bridgehead atoms. The zero-order valence-corrected chi connectivity index (χ0v) is 17.0. The second-order valence-corrected chi connectivity index (χ2v) is 7.72. The summed E-state index contributed by atoms with van der Waals surface area (Å²) in [4.78, 5) is 50.2. The molecular weight excluding hydrogens is 390 g/mol. The highest BCUT2D eigenvalue weighted by molar-refractivity contribution is 6.22. The Morgan fingerprint density at radius 2 is 1.73 bits per heavy atom. The van der Waals surface area contributed by atoms with Crippen LogP contribution in [0.1, 0.15) is 57.6 Å². The lowest BCUT2D eigenvalue weighted by molar-refractivity contribution is 0.0525. The summed E-state index contributed by atoms with van der Waals surface area (Å²) in [5.41, 5.74) is 0.0554.